The van der Waals surface area contributed by atoms with Crippen molar-refractivity contribution >= 4 is 10.0 Å². The van der Waals surface area contributed by atoms with Crippen LogP contribution in [0.1, 0.15) is 26.7 Å². The molecule has 0 amide bonds. The highest BCUT2D eigenvalue weighted by Gasteiger charge is 2.23. The number of nitrogens with one attached hydrogen (secondary N) is 2. The summed E-state index contributed by atoms with van der Waals surface area (Å²) in [7, 11) is -3.56. The van der Waals surface area contributed by atoms with E-state index in [0.717, 1.165) is 19.4 Å². The van der Waals surface area contributed by atoms with Crippen molar-refractivity contribution < 1.29 is 17.9 Å². The maximum Gasteiger partial charge on any atom is 0.241 e. The standard InChI is InChI=1S/C15H24N2O4S/c1-3-20-14-8-7-13(10-15(14)21-4-2)22(18,19)17-12-6-5-9-16-11-12/h7-8,10,12,16-17H,3-6,9,11H2,1-2H3. The van der Waals surface area contributed by atoms with Crippen molar-refractivity contribution in [1.29, 1.82) is 0 Å². The molecule has 1 atom stereocenters. The average molecular weight is 328 g/mol. The molecule has 0 aliphatic carbocycles. The van der Waals surface area contributed by atoms with Gasteiger partial charge in [0.15, 0.2) is 11.5 Å². The van der Waals surface area contributed by atoms with Crippen LogP contribution in [0.15, 0.2) is 23.1 Å². The molecular weight excluding hydrogens is 304 g/mol. The maximum absolute atomic E-state index is 12.5. The topological polar surface area (TPSA) is 76.7 Å². The Morgan fingerprint density at radius 3 is 2.59 bits per heavy atom. The van der Waals surface area contributed by atoms with Crippen LogP contribution in [0.5, 0.6) is 11.5 Å². The number of piperidine rings is 1. The minimum absolute atomic E-state index is 0.0686. The quantitative estimate of drug-likeness (QED) is 0.793. The molecular formula is C15H24N2O4S. The zero-order valence-corrected chi connectivity index (χ0v) is 13.9. The summed E-state index contributed by atoms with van der Waals surface area (Å²) in [5.41, 5.74) is 0. The molecule has 1 aromatic rings. The maximum atomic E-state index is 12.5. The predicted octanol–water partition coefficient (Wildman–Crippen LogP) is 1.51. The minimum atomic E-state index is -3.56. The minimum Gasteiger partial charge on any atom is -0.490 e. The van der Waals surface area contributed by atoms with Crippen LogP contribution in [-0.2, 0) is 10.0 Å². The fourth-order valence-corrected chi connectivity index (χ4v) is 3.72. The third kappa shape index (κ3) is 4.34. The van der Waals surface area contributed by atoms with E-state index in [1.54, 1.807) is 12.1 Å². The van der Waals surface area contributed by atoms with Crippen molar-refractivity contribution in [1.82, 2.24) is 10.0 Å². The third-order valence-electron chi connectivity index (χ3n) is 3.44. The molecule has 1 aliphatic heterocycles. The number of sulfonamides is 1. The molecule has 1 fully saturated rings. The molecule has 0 bridgehead atoms. The zero-order valence-electron chi connectivity index (χ0n) is 13.1. The summed E-state index contributed by atoms with van der Waals surface area (Å²) in [6.07, 6.45) is 1.82. The Hall–Kier alpha value is -1.31. The van der Waals surface area contributed by atoms with E-state index in [1.165, 1.54) is 6.07 Å². The summed E-state index contributed by atoms with van der Waals surface area (Å²) in [6, 6.07) is 4.64. The summed E-state index contributed by atoms with van der Waals surface area (Å²) in [5.74, 6) is 1.01. The van der Waals surface area contributed by atoms with Crippen LogP contribution < -0.4 is 19.5 Å². The highest BCUT2D eigenvalue weighted by molar-refractivity contribution is 7.89. The summed E-state index contributed by atoms with van der Waals surface area (Å²) in [5, 5.41) is 3.19. The van der Waals surface area contributed by atoms with E-state index in [-0.39, 0.29) is 10.9 Å². The van der Waals surface area contributed by atoms with E-state index in [4.69, 9.17) is 9.47 Å². The predicted molar refractivity (Wildman–Crippen MR) is 85.0 cm³/mol. The number of ether oxygens (including phenoxy) is 2. The smallest absolute Gasteiger partial charge is 0.241 e. The van der Waals surface area contributed by atoms with E-state index in [1.807, 2.05) is 13.8 Å². The highest BCUT2D eigenvalue weighted by Crippen LogP contribution is 2.30. The first-order valence-electron chi connectivity index (χ1n) is 7.69. The van der Waals surface area contributed by atoms with Crippen molar-refractivity contribution in [3.63, 3.8) is 0 Å². The van der Waals surface area contributed by atoms with Gasteiger partial charge in [0.25, 0.3) is 0 Å². The Morgan fingerprint density at radius 2 is 1.95 bits per heavy atom. The van der Waals surface area contributed by atoms with Gasteiger partial charge in [-0.15, -0.1) is 0 Å². The van der Waals surface area contributed by atoms with Gasteiger partial charge in [-0.2, -0.15) is 0 Å². The zero-order chi connectivity index (χ0) is 16.0. The van der Waals surface area contributed by atoms with Crippen molar-refractivity contribution in [2.45, 2.75) is 37.6 Å². The Labute approximate surface area is 132 Å². The lowest BCUT2D eigenvalue weighted by Gasteiger charge is -2.23. The third-order valence-corrected chi connectivity index (χ3v) is 4.96. The molecule has 0 radical (unpaired) electrons. The Balaban J connectivity index is 2.20. The van der Waals surface area contributed by atoms with Gasteiger partial charge in [-0.25, -0.2) is 13.1 Å². The van der Waals surface area contributed by atoms with Crippen molar-refractivity contribution in [2.24, 2.45) is 0 Å². The number of hydrogen-bond acceptors (Lipinski definition) is 5. The van der Waals surface area contributed by atoms with Crippen LogP contribution in [0.25, 0.3) is 0 Å². The lowest BCUT2D eigenvalue weighted by atomic mass is 10.1. The molecule has 6 nitrogen and oxygen atoms in total. The number of benzene rings is 1. The van der Waals surface area contributed by atoms with E-state index in [2.05, 4.69) is 10.0 Å². The second-order valence-electron chi connectivity index (χ2n) is 5.14. The second kappa shape index (κ2) is 7.80. The fraction of sp³-hybridized carbons (Fsp3) is 0.600. The lowest BCUT2D eigenvalue weighted by molar-refractivity contribution is 0.287. The number of rotatable bonds is 7. The van der Waals surface area contributed by atoms with Crippen molar-refractivity contribution in [3.8, 4) is 11.5 Å². The molecule has 1 heterocycles. The van der Waals surface area contributed by atoms with Gasteiger partial charge < -0.3 is 14.8 Å². The second-order valence-corrected chi connectivity index (χ2v) is 6.85. The van der Waals surface area contributed by atoms with Crippen LogP contribution in [0, 0.1) is 0 Å². The van der Waals surface area contributed by atoms with Gasteiger partial charge in [-0.1, -0.05) is 0 Å². The molecule has 1 unspecified atom stereocenters. The van der Waals surface area contributed by atoms with Gasteiger partial charge >= 0.3 is 0 Å². The van der Waals surface area contributed by atoms with E-state index < -0.39 is 10.0 Å². The molecule has 22 heavy (non-hydrogen) atoms. The summed E-state index contributed by atoms with van der Waals surface area (Å²) >= 11 is 0. The first-order valence-corrected chi connectivity index (χ1v) is 9.17. The van der Waals surface area contributed by atoms with Gasteiger partial charge in [0.1, 0.15) is 0 Å². The molecule has 124 valence electrons. The largest absolute Gasteiger partial charge is 0.490 e. The van der Waals surface area contributed by atoms with Crippen molar-refractivity contribution in [3.05, 3.63) is 18.2 Å². The molecule has 2 rings (SSSR count). The monoisotopic (exact) mass is 328 g/mol. The van der Waals surface area contributed by atoms with Crippen LogP contribution >= 0.6 is 0 Å². The molecule has 0 saturated carbocycles. The van der Waals surface area contributed by atoms with E-state index >= 15 is 0 Å². The molecule has 0 aromatic heterocycles. The Kier molecular flexibility index (Phi) is 6.05. The first kappa shape index (κ1) is 17.1. The van der Waals surface area contributed by atoms with Gasteiger partial charge in [-0.3, -0.25) is 0 Å². The normalized spacial score (nSPS) is 18.9. The molecule has 1 aliphatic rings. The van der Waals surface area contributed by atoms with Crippen LogP contribution in [-0.4, -0.2) is 40.8 Å². The summed E-state index contributed by atoms with van der Waals surface area (Å²) in [6.45, 7) is 6.27. The van der Waals surface area contributed by atoms with Gasteiger partial charge in [-0.05, 0) is 45.4 Å². The van der Waals surface area contributed by atoms with Gasteiger partial charge in [0.05, 0.1) is 18.1 Å². The van der Waals surface area contributed by atoms with Crippen LogP contribution in [0.2, 0.25) is 0 Å². The summed E-state index contributed by atoms with van der Waals surface area (Å²) < 4.78 is 38.7. The molecule has 1 saturated heterocycles. The Bertz CT molecular complexity index is 583. The lowest BCUT2D eigenvalue weighted by Crippen LogP contribution is -2.45. The summed E-state index contributed by atoms with van der Waals surface area (Å²) in [4.78, 5) is 0.199. The van der Waals surface area contributed by atoms with Crippen LogP contribution in [0.3, 0.4) is 0 Å². The number of hydrogen-bond donors (Lipinski definition) is 2. The first-order chi connectivity index (χ1) is 10.6. The van der Waals surface area contributed by atoms with Gasteiger partial charge in [0.2, 0.25) is 10.0 Å². The molecule has 2 N–H and O–H groups in total. The highest BCUT2D eigenvalue weighted by atomic mass is 32.2. The van der Waals surface area contributed by atoms with Crippen LogP contribution in [0.4, 0.5) is 0 Å². The fourth-order valence-electron chi connectivity index (χ4n) is 2.44. The van der Waals surface area contributed by atoms with E-state index in [0.29, 0.717) is 31.3 Å². The SMILES string of the molecule is CCOc1ccc(S(=O)(=O)NC2CCCNC2)cc1OCC. The van der Waals surface area contributed by atoms with Crippen molar-refractivity contribution in [2.75, 3.05) is 26.3 Å². The molecule has 7 heteroatoms. The molecule has 1 aromatic carbocycles. The molecule has 0 spiro atoms. The van der Waals surface area contributed by atoms with Gasteiger partial charge in [0, 0.05) is 18.7 Å². The van der Waals surface area contributed by atoms with E-state index in [9.17, 15) is 8.42 Å². The Morgan fingerprint density at radius 1 is 1.23 bits per heavy atom. The average Bonchev–Trinajstić information content (AvgIpc) is 2.50.